The molecule has 3 heteroatoms. The first kappa shape index (κ1) is 7.88. The van der Waals surface area contributed by atoms with Gasteiger partial charge in [-0.05, 0) is 12.8 Å². The van der Waals surface area contributed by atoms with E-state index in [2.05, 4.69) is 0 Å². The number of rotatable bonds is 0. The molecule has 0 aromatic rings. The van der Waals surface area contributed by atoms with E-state index in [1.165, 1.54) is 11.5 Å². The average Bonchev–Trinajstić information content (AvgIpc) is 1.69. The molecule has 3 N–H and O–H groups in total. The number of hydrogen-bond donors (Lipinski definition) is 1. The molecule has 8 heavy (non-hydrogen) atoms. The summed E-state index contributed by atoms with van der Waals surface area (Å²) in [5.41, 5.74) is 0. The topological polar surface area (TPSA) is 55.0 Å². The van der Waals surface area contributed by atoms with Gasteiger partial charge in [0.05, 0.1) is 0 Å². The highest BCUT2D eigenvalue weighted by atomic mass is 16.5. The lowest BCUT2D eigenvalue weighted by Crippen LogP contribution is -2.25. The molecule has 1 saturated heterocycles. The molecule has 0 aromatic carbocycles. The van der Waals surface area contributed by atoms with Crippen LogP contribution in [0.25, 0.3) is 0 Å². The predicted octanol–water partition coefficient (Wildman–Crippen LogP) is 0.0368. The lowest BCUT2D eigenvalue weighted by molar-refractivity contribution is -0.103. The van der Waals surface area contributed by atoms with E-state index >= 15 is 0 Å². The first-order valence-corrected chi connectivity index (χ1v) is 2.83. The molecule has 0 bridgehead atoms. The van der Waals surface area contributed by atoms with Crippen molar-refractivity contribution in [3.8, 4) is 0 Å². The monoisotopic (exact) mass is 119 g/mol. The Kier molecular flexibility index (Phi) is 3.77. The SMILES string of the molecule is O.ON1CCCCC1. The Hall–Kier alpha value is -0.120. The van der Waals surface area contributed by atoms with E-state index in [1.807, 2.05) is 0 Å². The summed E-state index contributed by atoms with van der Waals surface area (Å²) in [4.78, 5) is 0. The fraction of sp³-hybridized carbons (Fsp3) is 1.00. The summed E-state index contributed by atoms with van der Waals surface area (Å²) >= 11 is 0. The van der Waals surface area contributed by atoms with Crippen LogP contribution in [0.2, 0.25) is 0 Å². The Morgan fingerprint density at radius 1 is 1.00 bits per heavy atom. The Morgan fingerprint density at radius 2 is 1.50 bits per heavy atom. The molecular weight excluding hydrogens is 106 g/mol. The van der Waals surface area contributed by atoms with Crippen molar-refractivity contribution >= 4 is 0 Å². The van der Waals surface area contributed by atoms with Gasteiger partial charge in [-0.25, -0.2) is 0 Å². The minimum absolute atomic E-state index is 0. The fourth-order valence-corrected chi connectivity index (χ4v) is 0.877. The largest absolute Gasteiger partial charge is 0.412 e. The van der Waals surface area contributed by atoms with Crippen LogP contribution in [0.5, 0.6) is 0 Å². The lowest BCUT2D eigenvalue weighted by atomic mass is 10.2. The summed E-state index contributed by atoms with van der Waals surface area (Å²) in [6, 6.07) is 0. The maximum absolute atomic E-state index is 8.74. The van der Waals surface area contributed by atoms with Gasteiger partial charge >= 0.3 is 0 Å². The highest BCUT2D eigenvalue weighted by Gasteiger charge is 2.04. The summed E-state index contributed by atoms with van der Waals surface area (Å²) in [5, 5.41) is 10.1. The number of nitrogens with zero attached hydrogens (tertiary/aromatic N) is 1. The third kappa shape index (κ3) is 2.26. The Labute approximate surface area is 49.2 Å². The van der Waals surface area contributed by atoms with Crippen molar-refractivity contribution in [1.29, 1.82) is 0 Å². The van der Waals surface area contributed by atoms with Gasteiger partial charge in [0.1, 0.15) is 0 Å². The highest BCUT2D eigenvalue weighted by Crippen LogP contribution is 2.04. The molecule has 3 nitrogen and oxygen atoms in total. The Balaban J connectivity index is 0.000000490. The van der Waals surface area contributed by atoms with Crippen LogP contribution >= 0.6 is 0 Å². The fourth-order valence-electron chi connectivity index (χ4n) is 0.877. The summed E-state index contributed by atoms with van der Waals surface area (Å²) in [7, 11) is 0. The second kappa shape index (κ2) is 3.83. The van der Waals surface area contributed by atoms with Crippen molar-refractivity contribution in [1.82, 2.24) is 5.06 Å². The maximum atomic E-state index is 8.74. The van der Waals surface area contributed by atoms with Crippen LogP contribution in [-0.4, -0.2) is 28.8 Å². The van der Waals surface area contributed by atoms with Crippen LogP contribution in [0.3, 0.4) is 0 Å². The molecule has 0 aromatic heterocycles. The van der Waals surface area contributed by atoms with Crippen molar-refractivity contribution < 1.29 is 10.7 Å². The molecule has 1 aliphatic rings. The molecule has 0 spiro atoms. The van der Waals surface area contributed by atoms with E-state index < -0.39 is 0 Å². The van der Waals surface area contributed by atoms with Crippen molar-refractivity contribution in [2.75, 3.05) is 13.1 Å². The minimum Gasteiger partial charge on any atom is -0.412 e. The summed E-state index contributed by atoms with van der Waals surface area (Å²) < 4.78 is 0. The molecule has 1 heterocycles. The predicted molar refractivity (Wildman–Crippen MR) is 30.8 cm³/mol. The first-order chi connectivity index (χ1) is 3.39. The first-order valence-electron chi connectivity index (χ1n) is 2.83. The molecule has 0 saturated carbocycles. The smallest absolute Gasteiger partial charge is 0.0238 e. The lowest BCUT2D eigenvalue weighted by Gasteiger charge is -2.18. The van der Waals surface area contributed by atoms with Crippen molar-refractivity contribution in [3.05, 3.63) is 0 Å². The summed E-state index contributed by atoms with van der Waals surface area (Å²) in [6.07, 6.45) is 3.62. The number of piperidine rings is 1. The molecule has 0 atom stereocenters. The highest BCUT2D eigenvalue weighted by molar-refractivity contribution is 4.54. The molecule has 0 unspecified atom stereocenters. The third-order valence-electron chi connectivity index (χ3n) is 1.33. The van der Waals surface area contributed by atoms with E-state index in [9.17, 15) is 0 Å². The molecule has 1 rings (SSSR count). The van der Waals surface area contributed by atoms with E-state index in [4.69, 9.17) is 5.21 Å². The van der Waals surface area contributed by atoms with Crippen molar-refractivity contribution in [2.24, 2.45) is 0 Å². The van der Waals surface area contributed by atoms with Crippen LogP contribution in [0.15, 0.2) is 0 Å². The van der Waals surface area contributed by atoms with Gasteiger partial charge in [0.15, 0.2) is 0 Å². The second-order valence-electron chi connectivity index (χ2n) is 2.01. The van der Waals surface area contributed by atoms with Gasteiger partial charge in [-0.1, -0.05) is 6.42 Å². The molecule has 1 aliphatic heterocycles. The van der Waals surface area contributed by atoms with Gasteiger partial charge in [-0.2, -0.15) is 5.06 Å². The zero-order valence-electron chi connectivity index (χ0n) is 4.93. The van der Waals surface area contributed by atoms with Crippen LogP contribution in [0.1, 0.15) is 19.3 Å². The van der Waals surface area contributed by atoms with Gasteiger partial charge < -0.3 is 10.7 Å². The van der Waals surface area contributed by atoms with E-state index in [1.54, 1.807) is 0 Å². The van der Waals surface area contributed by atoms with Gasteiger partial charge in [-0.15, -0.1) is 0 Å². The normalized spacial score (nSPS) is 22.1. The summed E-state index contributed by atoms with van der Waals surface area (Å²) in [5.74, 6) is 0. The Morgan fingerprint density at radius 3 is 1.75 bits per heavy atom. The third-order valence-corrected chi connectivity index (χ3v) is 1.33. The van der Waals surface area contributed by atoms with Gasteiger partial charge in [0.25, 0.3) is 0 Å². The molecule has 0 amide bonds. The molecule has 0 radical (unpaired) electrons. The van der Waals surface area contributed by atoms with Crippen LogP contribution in [0, 0.1) is 0 Å². The van der Waals surface area contributed by atoms with Crippen molar-refractivity contribution in [2.45, 2.75) is 19.3 Å². The quantitative estimate of drug-likeness (QED) is 0.489. The Bertz CT molecular complexity index is 52.4. The van der Waals surface area contributed by atoms with Crippen LogP contribution in [0.4, 0.5) is 0 Å². The van der Waals surface area contributed by atoms with E-state index in [0.717, 1.165) is 25.9 Å². The zero-order chi connectivity index (χ0) is 5.11. The molecule has 50 valence electrons. The number of hydroxylamine groups is 2. The molecular formula is C5H13NO2. The molecule has 0 aliphatic carbocycles. The average molecular weight is 119 g/mol. The second-order valence-corrected chi connectivity index (χ2v) is 2.01. The molecule has 1 fully saturated rings. The number of hydrogen-bond acceptors (Lipinski definition) is 2. The van der Waals surface area contributed by atoms with Crippen LogP contribution in [-0.2, 0) is 0 Å². The minimum atomic E-state index is 0. The van der Waals surface area contributed by atoms with Crippen LogP contribution < -0.4 is 0 Å². The van der Waals surface area contributed by atoms with Gasteiger partial charge in [0, 0.05) is 13.1 Å². The standard InChI is InChI=1S/C5H11NO.H2O/c7-6-4-2-1-3-5-6;/h7H,1-5H2;1H2. The maximum Gasteiger partial charge on any atom is 0.0238 e. The van der Waals surface area contributed by atoms with E-state index in [-0.39, 0.29) is 5.48 Å². The zero-order valence-corrected chi connectivity index (χ0v) is 4.93. The van der Waals surface area contributed by atoms with E-state index in [0.29, 0.717) is 0 Å². The van der Waals surface area contributed by atoms with Gasteiger partial charge in [-0.3, -0.25) is 0 Å². The van der Waals surface area contributed by atoms with Crippen molar-refractivity contribution in [3.63, 3.8) is 0 Å². The summed E-state index contributed by atoms with van der Waals surface area (Å²) in [6.45, 7) is 1.75. The van der Waals surface area contributed by atoms with Gasteiger partial charge in [0.2, 0.25) is 0 Å².